The van der Waals surface area contributed by atoms with E-state index in [-0.39, 0.29) is 24.9 Å². The highest BCUT2D eigenvalue weighted by Gasteiger charge is 2.12. The highest BCUT2D eigenvalue weighted by atomic mass is 16.5. The Hall–Kier alpha value is -3.08. The molecule has 5 nitrogen and oxygen atoms in total. The fourth-order valence-corrected chi connectivity index (χ4v) is 3.35. The number of hydrogen-bond donors (Lipinski definition) is 2. The minimum atomic E-state index is -0.382. The second-order valence-electron chi connectivity index (χ2n) is 6.84. The topological polar surface area (TPSA) is 71.2 Å². The van der Waals surface area contributed by atoms with E-state index in [1.165, 1.54) is 0 Å². The van der Waals surface area contributed by atoms with Gasteiger partial charge < -0.3 is 15.0 Å². The molecule has 5 heteroatoms. The van der Waals surface area contributed by atoms with Gasteiger partial charge in [0.15, 0.2) is 6.61 Å². The van der Waals surface area contributed by atoms with Crippen LogP contribution >= 0.6 is 0 Å². The van der Waals surface area contributed by atoms with Crippen molar-refractivity contribution in [3.05, 3.63) is 64.8 Å². The molecular formula is C22H24N2O3. The highest BCUT2D eigenvalue weighted by Crippen LogP contribution is 2.22. The Morgan fingerprint density at radius 3 is 2.52 bits per heavy atom. The van der Waals surface area contributed by atoms with E-state index in [0.717, 1.165) is 38.8 Å². The molecule has 0 aliphatic carbocycles. The molecule has 0 saturated heterocycles. The van der Waals surface area contributed by atoms with Crippen LogP contribution in [0.5, 0.6) is 0 Å². The Morgan fingerprint density at radius 1 is 1.07 bits per heavy atom. The van der Waals surface area contributed by atoms with Gasteiger partial charge in [0.25, 0.3) is 5.91 Å². The lowest BCUT2D eigenvalue weighted by atomic mass is 10.1. The van der Waals surface area contributed by atoms with Crippen molar-refractivity contribution in [2.24, 2.45) is 0 Å². The molecule has 0 radical (unpaired) electrons. The van der Waals surface area contributed by atoms with Crippen LogP contribution in [0.3, 0.4) is 0 Å². The summed E-state index contributed by atoms with van der Waals surface area (Å²) in [5.74, 6) is -0.710. The monoisotopic (exact) mass is 364 g/mol. The van der Waals surface area contributed by atoms with Crippen molar-refractivity contribution in [1.82, 2.24) is 4.98 Å². The van der Waals surface area contributed by atoms with Crippen LogP contribution in [0.25, 0.3) is 10.9 Å². The Morgan fingerprint density at radius 2 is 1.78 bits per heavy atom. The van der Waals surface area contributed by atoms with E-state index in [1.54, 1.807) is 0 Å². The molecule has 0 aliphatic rings. The van der Waals surface area contributed by atoms with Crippen LogP contribution < -0.4 is 5.32 Å². The van der Waals surface area contributed by atoms with Gasteiger partial charge in [0.05, 0.1) is 0 Å². The molecule has 0 spiro atoms. The number of nitrogens with one attached hydrogen (secondary N) is 2. The summed E-state index contributed by atoms with van der Waals surface area (Å²) in [4.78, 5) is 27.3. The summed E-state index contributed by atoms with van der Waals surface area (Å²) >= 11 is 0. The molecule has 2 N–H and O–H groups in total. The van der Waals surface area contributed by atoms with Crippen molar-refractivity contribution in [2.45, 2.75) is 33.6 Å². The maximum atomic E-state index is 12.1. The van der Waals surface area contributed by atoms with Gasteiger partial charge in [-0.2, -0.15) is 0 Å². The minimum absolute atomic E-state index is 0.234. The quantitative estimate of drug-likeness (QED) is 0.644. The van der Waals surface area contributed by atoms with E-state index in [1.807, 2.05) is 63.4 Å². The number of ether oxygens (including phenoxy) is 1. The van der Waals surface area contributed by atoms with Crippen molar-refractivity contribution in [3.63, 3.8) is 0 Å². The van der Waals surface area contributed by atoms with Gasteiger partial charge in [-0.25, -0.2) is 0 Å². The van der Waals surface area contributed by atoms with Gasteiger partial charge in [0.1, 0.15) is 0 Å². The lowest BCUT2D eigenvalue weighted by molar-refractivity contribution is -0.147. The van der Waals surface area contributed by atoms with Gasteiger partial charge in [-0.3, -0.25) is 9.59 Å². The Balaban J connectivity index is 1.50. The fourth-order valence-electron chi connectivity index (χ4n) is 3.35. The Bertz CT molecular complexity index is 965. The number of esters is 1. The standard InChI is InChI=1S/C22H24N2O3/c1-14-10-15(2)22(16(3)11-14)24-20(25)13-27-21(26)9-8-17-12-23-19-7-5-4-6-18(17)19/h4-7,10-12,23H,8-9,13H2,1-3H3,(H,24,25). The first-order valence-corrected chi connectivity index (χ1v) is 9.02. The molecule has 0 unspecified atom stereocenters. The predicted molar refractivity (Wildman–Crippen MR) is 107 cm³/mol. The highest BCUT2D eigenvalue weighted by molar-refractivity contribution is 5.94. The number of rotatable bonds is 6. The van der Waals surface area contributed by atoms with Crippen LogP contribution in [0.4, 0.5) is 5.69 Å². The molecule has 3 rings (SSSR count). The maximum absolute atomic E-state index is 12.1. The summed E-state index contributed by atoms with van der Waals surface area (Å²) in [5.41, 5.74) is 6.02. The molecule has 27 heavy (non-hydrogen) atoms. The zero-order valence-corrected chi connectivity index (χ0v) is 15.9. The van der Waals surface area contributed by atoms with E-state index in [9.17, 15) is 9.59 Å². The van der Waals surface area contributed by atoms with Crippen LogP contribution in [-0.4, -0.2) is 23.5 Å². The molecule has 0 aliphatic heterocycles. The van der Waals surface area contributed by atoms with Crippen LogP contribution in [0.15, 0.2) is 42.6 Å². The summed E-state index contributed by atoms with van der Waals surface area (Å²) in [6, 6.07) is 12.0. The lowest BCUT2D eigenvalue weighted by Crippen LogP contribution is -2.22. The van der Waals surface area contributed by atoms with Gasteiger partial charge in [-0.05, 0) is 49.9 Å². The molecular weight excluding hydrogens is 340 g/mol. The molecule has 0 atom stereocenters. The summed E-state index contributed by atoms with van der Waals surface area (Å²) in [6.07, 6.45) is 2.71. The number of anilines is 1. The molecule has 3 aromatic rings. The summed E-state index contributed by atoms with van der Waals surface area (Å²) in [7, 11) is 0. The number of aromatic nitrogens is 1. The zero-order valence-electron chi connectivity index (χ0n) is 15.9. The third-order valence-electron chi connectivity index (χ3n) is 4.58. The maximum Gasteiger partial charge on any atom is 0.306 e. The van der Waals surface area contributed by atoms with Crippen molar-refractivity contribution >= 4 is 28.5 Å². The number of carbonyl (C=O) groups is 2. The third kappa shape index (κ3) is 4.56. The zero-order chi connectivity index (χ0) is 19.4. The van der Waals surface area contributed by atoms with Gasteiger partial charge in [0, 0.05) is 29.2 Å². The first-order valence-electron chi connectivity index (χ1n) is 9.02. The van der Waals surface area contributed by atoms with Crippen molar-refractivity contribution in [1.29, 1.82) is 0 Å². The van der Waals surface area contributed by atoms with Crippen LogP contribution in [0.1, 0.15) is 28.7 Å². The molecule has 1 amide bonds. The van der Waals surface area contributed by atoms with Gasteiger partial charge in [-0.1, -0.05) is 35.9 Å². The molecule has 0 bridgehead atoms. The average Bonchev–Trinajstić information content (AvgIpc) is 3.04. The Kier molecular flexibility index (Phi) is 5.60. The number of benzene rings is 2. The molecule has 0 fully saturated rings. The molecule has 1 heterocycles. The molecule has 140 valence electrons. The van der Waals surface area contributed by atoms with Crippen LogP contribution in [0.2, 0.25) is 0 Å². The number of fused-ring (bicyclic) bond motifs is 1. The second-order valence-corrected chi connectivity index (χ2v) is 6.84. The molecule has 2 aromatic carbocycles. The predicted octanol–water partition coefficient (Wildman–Crippen LogP) is 4.21. The van der Waals surface area contributed by atoms with Gasteiger partial charge in [0.2, 0.25) is 0 Å². The van der Waals surface area contributed by atoms with E-state index in [4.69, 9.17) is 4.74 Å². The minimum Gasteiger partial charge on any atom is -0.456 e. The summed E-state index contributed by atoms with van der Waals surface area (Å²) in [5, 5.41) is 3.94. The number of amides is 1. The number of H-pyrrole nitrogens is 1. The fraction of sp³-hybridized carbons (Fsp3) is 0.273. The Labute approximate surface area is 158 Å². The van der Waals surface area contributed by atoms with Crippen LogP contribution in [-0.2, 0) is 20.7 Å². The number of hydrogen-bond acceptors (Lipinski definition) is 3. The largest absolute Gasteiger partial charge is 0.456 e. The smallest absolute Gasteiger partial charge is 0.306 e. The molecule has 0 saturated carbocycles. The number of para-hydroxylation sites is 1. The third-order valence-corrected chi connectivity index (χ3v) is 4.58. The van der Waals surface area contributed by atoms with Gasteiger partial charge >= 0.3 is 5.97 Å². The SMILES string of the molecule is Cc1cc(C)c(NC(=O)COC(=O)CCc2c[nH]c3ccccc23)c(C)c1. The molecule has 1 aromatic heterocycles. The van der Waals surface area contributed by atoms with E-state index >= 15 is 0 Å². The second kappa shape index (κ2) is 8.08. The first-order chi connectivity index (χ1) is 12.9. The summed E-state index contributed by atoms with van der Waals surface area (Å²) < 4.78 is 5.13. The van der Waals surface area contributed by atoms with Crippen LogP contribution in [0, 0.1) is 20.8 Å². The average molecular weight is 364 g/mol. The number of aromatic amines is 1. The van der Waals surface area contributed by atoms with E-state index in [2.05, 4.69) is 10.3 Å². The first kappa shape index (κ1) is 18.7. The van der Waals surface area contributed by atoms with Crippen molar-refractivity contribution in [2.75, 3.05) is 11.9 Å². The van der Waals surface area contributed by atoms with E-state index in [0.29, 0.717) is 6.42 Å². The lowest BCUT2D eigenvalue weighted by Gasteiger charge is -2.13. The van der Waals surface area contributed by atoms with Gasteiger partial charge in [-0.15, -0.1) is 0 Å². The van der Waals surface area contributed by atoms with Crippen molar-refractivity contribution < 1.29 is 14.3 Å². The normalized spacial score (nSPS) is 10.8. The number of aryl methyl sites for hydroxylation is 4. The van der Waals surface area contributed by atoms with E-state index < -0.39 is 0 Å². The van der Waals surface area contributed by atoms with Crippen molar-refractivity contribution in [3.8, 4) is 0 Å². The summed E-state index contributed by atoms with van der Waals surface area (Å²) in [6.45, 7) is 5.63. The number of carbonyl (C=O) groups excluding carboxylic acids is 2.